The Morgan fingerprint density at radius 3 is 2.76 bits per heavy atom. The fourth-order valence-corrected chi connectivity index (χ4v) is 1.42. The van der Waals surface area contributed by atoms with Crippen molar-refractivity contribution in [3.63, 3.8) is 0 Å². The first-order valence-corrected chi connectivity index (χ1v) is 4.82. The Balaban J connectivity index is 2.65. The van der Waals surface area contributed by atoms with Gasteiger partial charge in [0.1, 0.15) is 6.33 Å². The molecule has 0 fully saturated rings. The average Bonchev–Trinajstić information content (AvgIpc) is 2.74. The van der Waals surface area contributed by atoms with E-state index in [0.29, 0.717) is 0 Å². The second-order valence-corrected chi connectivity index (χ2v) is 3.36. The van der Waals surface area contributed by atoms with Crippen molar-refractivity contribution in [2.45, 2.75) is 6.92 Å². The summed E-state index contributed by atoms with van der Waals surface area (Å²) in [5.41, 5.74) is 0.696. The first-order valence-electron chi connectivity index (χ1n) is 4.82. The normalized spacial score (nSPS) is 10.2. The molecular weight excluding hydrogens is 224 g/mol. The molecule has 1 N–H and O–H groups in total. The number of anilines is 1. The predicted molar refractivity (Wildman–Crippen MR) is 60.1 cm³/mol. The third kappa shape index (κ3) is 1.92. The fourth-order valence-electron chi connectivity index (χ4n) is 1.42. The maximum absolute atomic E-state index is 11.0. The number of hydrogen-bond donors (Lipinski definition) is 1. The Morgan fingerprint density at radius 2 is 2.24 bits per heavy atom. The summed E-state index contributed by atoms with van der Waals surface area (Å²) in [6, 6.07) is 0. The van der Waals surface area contributed by atoms with Gasteiger partial charge in [0.15, 0.2) is 0 Å². The topological polar surface area (TPSA) is 98.8 Å². The van der Waals surface area contributed by atoms with Crippen LogP contribution < -0.4 is 5.32 Å². The second-order valence-electron chi connectivity index (χ2n) is 3.36. The Hall–Kier alpha value is -2.51. The van der Waals surface area contributed by atoms with Crippen molar-refractivity contribution in [3.05, 3.63) is 34.4 Å². The molecule has 17 heavy (non-hydrogen) atoms. The number of hydrogen-bond acceptors (Lipinski definition) is 6. The summed E-state index contributed by atoms with van der Waals surface area (Å²) in [6.45, 7) is 1.84. The van der Waals surface area contributed by atoms with Crippen molar-refractivity contribution in [2.75, 3.05) is 12.4 Å². The molecule has 88 valence electrons. The van der Waals surface area contributed by atoms with Crippen LogP contribution in [0.15, 0.2) is 18.7 Å². The Morgan fingerprint density at radius 1 is 1.47 bits per heavy atom. The number of rotatable bonds is 3. The van der Waals surface area contributed by atoms with Crippen LogP contribution in [0.2, 0.25) is 0 Å². The molecule has 2 aromatic rings. The summed E-state index contributed by atoms with van der Waals surface area (Å²) >= 11 is 0. The summed E-state index contributed by atoms with van der Waals surface area (Å²) in [5.74, 6) is 0.301. The molecule has 8 nitrogen and oxygen atoms in total. The van der Waals surface area contributed by atoms with Crippen molar-refractivity contribution in [1.29, 1.82) is 0 Å². The zero-order chi connectivity index (χ0) is 12.4. The molecule has 0 atom stereocenters. The molecule has 0 spiro atoms. The first kappa shape index (κ1) is 11.0. The highest BCUT2D eigenvalue weighted by molar-refractivity contribution is 5.63. The van der Waals surface area contributed by atoms with Gasteiger partial charge in [-0.25, -0.2) is 14.6 Å². The van der Waals surface area contributed by atoms with Gasteiger partial charge in [0, 0.05) is 13.2 Å². The van der Waals surface area contributed by atoms with Crippen LogP contribution in [-0.4, -0.2) is 31.7 Å². The zero-order valence-corrected chi connectivity index (χ0v) is 9.28. The minimum atomic E-state index is -0.530. The standard InChI is InChI=1S/C9H10N6O2/c1-6-3-13-14(4-6)9-7(15(16)17)8(10-2)11-5-12-9/h3-5H,1-2H3,(H,10,11,12). The van der Waals surface area contributed by atoms with Crippen LogP contribution in [-0.2, 0) is 0 Å². The van der Waals surface area contributed by atoms with Gasteiger partial charge in [-0.3, -0.25) is 10.1 Å². The largest absolute Gasteiger partial charge is 0.367 e. The van der Waals surface area contributed by atoms with Crippen molar-refractivity contribution in [3.8, 4) is 5.82 Å². The highest BCUT2D eigenvalue weighted by Gasteiger charge is 2.23. The van der Waals surface area contributed by atoms with Gasteiger partial charge in [-0.05, 0) is 12.5 Å². The minimum Gasteiger partial charge on any atom is -0.367 e. The molecule has 2 rings (SSSR count). The zero-order valence-electron chi connectivity index (χ0n) is 9.28. The van der Waals surface area contributed by atoms with Gasteiger partial charge >= 0.3 is 5.69 Å². The molecule has 0 saturated carbocycles. The number of nitrogens with one attached hydrogen (secondary N) is 1. The molecule has 0 aliphatic carbocycles. The van der Waals surface area contributed by atoms with E-state index in [2.05, 4.69) is 20.4 Å². The van der Waals surface area contributed by atoms with Gasteiger partial charge in [0.05, 0.1) is 11.1 Å². The Kier molecular flexibility index (Phi) is 2.69. The van der Waals surface area contributed by atoms with E-state index >= 15 is 0 Å². The minimum absolute atomic E-state index is 0.141. The molecule has 0 bridgehead atoms. The summed E-state index contributed by atoms with van der Waals surface area (Å²) in [5, 5.41) is 17.7. The summed E-state index contributed by atoms with van der Waals surface area (Å²) in [7, 11) is 1.56. The molecule has 0 unspecified atom stereocenters. The summed E-state index contributed by atoms with van der Waals surface area (Å²) < 4.78 is 1.36. The van der Waals surface area contributed by atoms with Crippen LogP contribution in [0.3, 0.4) is 0 Å². The molecule has 0 amide bonds. The van der Waals surface area contributed by atoms with E-state index in [1.54, 1.807) is 19.4 Å². The Labute approximate surface area is 96.5 Å². The summed E-state index contributed by atoms with van der Waals surface area (Å²) in [4.78, 5) is 18.2. The predicted octanol–water partition coefficient (Wildman–Crippen LogP) is 0.921. The number of aryl methyl sites for hydroxylation is 1. The number of nitro groups is 1. The van der Waals surface area contributed by atoms with E-state index < -0.39 is 4.92 Å². The lowest BCUT2D eigenvalue weighted by molar-refractivity contribution is -0.384. The average molecular weight is 234 g/mol. The van der Waals surface area contributed by atoms with Crippen LogP contribution in [0.5, 0.6) is 0 Å². The second kappa shape index (κ2) is 4.16. The van der Waals surface area contributed by atoms with E-state index in [0.717, 1.165) is 5.56 Å². The molecular formula is C9H10N6O2. The van der Waals surface area contributed by atoms with Crippen LogP contribution >= 0.6 is 0 Å². The maximum Gasteiger partial charge on any atom is 0.355 e. The van der Waals surface area contributed by atoms with Gasteiger partial charge in [-0.1, -0.05) is 0 Å². The molecule has 0 aliphatic heterocycles. The van der Waals surface area contributed by atoms with E-state index in [9.17, 15) is 10.1 Å². The van der Waals surface area contributed by atoms with Crippen LogP contribution in [0, 0.1) is 17.0 Å². The van der Waals surface area contributed by atoms with Gasteiger partial charge in [0.25, 0.3) is 0 Å². The summed E-state index contributed by atoms with van der Waals surface area (Å²) in [6.07, 6.45) is 4.52. The van der Waals surface area contributed by atoms with E-state index in [-0.39, 0.29) is 17.3 Å². The monoisotopic (exact) mass is 234 g/mol. The van der Waals surface area contributed by atoms with Crippen LogP contribution in [0.1, 0.15) is 5.56 Å². The quantitative estimate of drug-likeness (QED) is 0.626. The van der Waals surface area contributed by atoms with Gasteiger partial charge in [-0.15, -0.1) is 0 Å². The highest BCUT2D eigenvalue weighted by atomic mass is 16.6. The third-order valence-corrected chi connectivity index (χ3v) is 2.15. The maximum atomic E-state index is 11.0. The van der Waals surface area contributed by atoms with Gasteiger partial charge in [-0.2, -0.15) is 5.10 Å². The van der Waals surface area contributed by atoms with E-state index in [1.807, 2.05) is 6.92 Å². The molecule has 0 aliphatic rings. The van der Waals surface area contributed by atoms with Crippen molar-refractivity contribution in [1.82, 2.24) is 19.7 Å². The van der Waals surface area contributed by atoms with Crippen LogP contribution in [0.4, 0.5) is 11.5 Å². The molecule has 0 radical (unpaired) electrons. The Bertz CT molecular complexity index is 564. The highest BCUT2D eigenvalue weighted by Crippen LogP contribution is 2.26. The molecule has 0 aromatic carbocycles. The smallest absolute Gasteiger partial charge is 0.355 e. The van der Waals surface area contributed by atoms with Crippen molar-refractivity contribution >= 4 is 11.5 Å². The first-order chi connectivity index (χ1) is 8.13. The molecule has 2 aromatic heterocycles. The van der Waals surface area contributed by atoms with Crippen molar-refractivity contribution in [2.24, 2.45) is 0 Å². The lowest BCUT2D eigenvalue weighted by atomic mass is 10.4. The lowest BCUT2D eigenvalue weighted by Crippen LogP contribution is -2.07. The third-order valence-electron chi connectivity index (χ3n) is 2.15. The molecule has 8 heteroatoms. The molecule has 2 heterocycles. The number of aromatic nitrogens is 4. The molecule has 0 saturated heterocycles. The van der Waals surface area contributed by atoms with E-state index in [4.69, 9.17) is 0 Å². The SMILES string of the molecule is CNc1ncnc(-n2cc(C)cn2)c1[N+](=O)[O-]. The van der Waals surface area contributed by atoms with Gasteiger partial charge < -0.3 is 5.32 Å². The van der Waals surface area contributed by atoms with Crippen LogP contribution in [0.25, 0.3) is 5.82 Å². The van der Waals surface area contributed by atoms with E-state index in [1.165, 1.54) is 11.0 Å². The lowest BCUT2D eigenvalue weighted by Gasteiger charge is -2.04. The fraction of sp³-hybridized carbons (Fsp3) is 0.222. The van der Waals surface area contributed by atoms with Gasteiger partial charge in [0.2, 0.25) is 11.6 Å². The number of nitrogens with zero attached hydrogens (tertiary/aromatic N) is 5. The van der Waals surface area contributed by atoms with Crippen molar-refractivity contribution < 1.29 is 4.92 Å².